The molecule has 0 heteroatoms. The Balaban J connectivity index is 1.24. The molecule has 0 amide bonds. The monoisotopic (exact) mass is 698 g/mol. The van der Waals surface area contributed by atoms with Crippen LogP contribution in [0.4, 0.5) is 0 Å². The summed E-state index contributed by atoms with van der Waals surface area (Å²) in [4.78, 5) is 0. The molecule has 0 heterocycles. The van der Waals surface area contributed by atoms with Gasteiger partial charge in [-0.05, 0) is 116 Å². The van der Waals surface area contributed by atoms with Crippen LogP contribution in [0, 0.1) is 0 Å². The molecule has 0 aliphatic heterocycles. The summed E-state index contributed by atoms with van der Waals surface area (Å²) in [6, 6.07) is 72.1. The fourth-order valence-electron chi connectivity index (χ4n) is 9.83. The van der Waals surface area contributed by atoms with Crippen LogP contribution < -0.4 is 0 Å². The minimum Gasteiger partial charge on any atom is -0.0622 e. The predicted octanol–water partition coefficient (Wildman–Crippen LogP) is 15.3. The van der Waals surface area contributed by atoms with Crippen LogP contribution in [0.3, 0.4) is 0 Å². The number of benzene rings is 10. The average molecular weight is 699 g/mol. The van der Waals surface area contributed by atoms with Gasteiger partial charge in [0.15, 0.2) is 0 Å². The quantitative estimate of drug-likeness (QED) is 0.161. The van der Waals surface area contributed by atoms with Crippen molar-refractivity contribution in [1.82, 2.24) is 0 Å². The van der Waals surface area contributed by atoms with Crippen LogP contribution in [0.1, 0.15) is 25.0 Å². The lowest BCUT2D eigenvalue weighted by molar-refractivity contribution is 0.660. The number of hydrogen-bond donors (Lipinski definition) is 0. The van der Waals surface area contributed by atoms with E-state index in [2.05, 4.69) is 208 Å². The number of hydrogen-bond acceptors (Lipinski definition) is 0. The van der Waals surface area contributed by atoms with E-state index >= 15 is 0 Å². The predicted molar refractivity (Wildman–Crippen MR) is 236 cm³/mol. The molecule has 0 saturated heterocycles. The molecule has 1 aliphatic carbocycles. The Kier molecular flexibility index (Phi) is 7.00. The molecule has 0 unspecified atom stereocenters. The van der Waals surface area contributed by atoms with Gasteiger partial charge in [0.2, 0.25) is 0 Å². The van der Waals surface area contributed by atoms with Crippen LogP contribution in [0.15, 0.2) is 194 Å². The van der Waals surface area contributed by atoms with Crippen LogP contribution in [-0.2, 0) is 5.41 Å². The zero-order chi connectivity index (χ0) is 36.7. The molecule has 10 aromatic carbocycles. The molecule has 0 saturated carbocycles. The van der Waals surface area contributed by atoms with Gasteiger partial charge in [-0.25, -0.2) is 0 Å². The summed E-state index contributed by atoms with van der Waals surface area (Å²) in [5, 5.41) is 10.1. The molecule has 0 fully saturated rings. The van der Waals surface area contributed by atoms with E-state index in [-0.39, 0.29) is 5.41 Å². The summed E-state index contributed by atoms with van der Waals surface area (Å²) in [5.41, 5.74) is 15.6. The second-order valence-corrected chi connectivity index (χ2v) is 15.5. The maximum atomic E-state index is 2.48. The van der Waals surface area contributed by atoms with Crippen LogP contribution in [-0.4, -0.2) is 0 Å². The molecule has 0 spiro atoms. The second-order valence-electron chi connectivity index (χ2n) is 15.5. The minimum atomic E-state index is -0.0772. The van der Waals surface area contributed by atoms with Gasteiger partial charge in [0, 0.05) is 5.41 Å². The Morgan fingerprint density at radius 3 is 1.16 bits per heavy atom. The highest BCUT2D eigenvalue weighted by Gasteiger charge is 2.35. The van der Waals surface area contributed by atoms with Crippen LogP contribution in [0.25, 0.3) is 98.7 Å². The Bertz CT molecular complexity index is 3050. The lowest BCUT2D eigenvalue weighted by Gasteiger charge is -2.24. The van der Waals surface area contributed by atoms with E-state index in [0.717, 1.165) is 0 Å². The van der Waals surface area contributed by atoms with Gasteiger partial charge in [-0.3, -0.25) is 0 Å². The summed E-state index contributed by atoms with van der Waals surface area (Å²) in [7, 11) is 0. The van der Waals surface area contributed by atoms with E-state index in [9.17, 15) is 0 Å². The Labute approximate surface area is 322 Å². The van der Waals surface area contributed by atoms with Crippen LogP contribution in [0.5, 0.6) is 0 Å². The maximum Gasteiger partial charge on any atom is 0.0159 e. The minimum absolute atomic E-state index is 0.0772. The third-order valence-electron chi connectivity index (χ3n) is 12.3. The van der Waals surface area contributed by atoms with Crippen LogP contribution >= 0.6 is 0 Å². The largest absolute Gasteiger partial charge is 0.0622 e. The standard InChI is InChI=1S/C55H38/c1-55(2)49-31-17-16-21-38(49)39-33-32-36(34-50(39)55)51-41-23-8-12-27-45(41)53(46-28-13-9-24-42(46)51)54-47-29-14-10-25-43(47)52(44-26-11-15-30-48(44)54)40-22-7-6-20-37(40)35-18-4-3-5-19-35/h3-34H,1-2H3. The highest BCUT2D eigenvalue weighted by atomic mass is 14.4. The van der Waals surface area contributed by atoms with Gasteiger partial charge in [-0.1, -0.05) is 202 Å². The van der Waals surface area contributed by atoms with Crippen molar-refractivity contribution in [1.29, 1.82) is 0 Å². The van der Waals surface area contributed by atoms with E-state index < -0.39 is 0 Å². The molecular weight excluding hydrogens is 661 g/mol. The van der Waals surface area contributed by atoms with Crippen LogP contribution in [0.2, 0.25) is 0 Å². The first-order valence-electron chi connectivity index (χ1n) is 19.4. The average Bonchev–Trinajstić information content (AvgIpc) is 3.47. The normalized spacial score (nSPS) is 13.1. The van der Waals surface area contributed by atoms with Gasteiger partial charge in [-0.2, -0.15) is 0 Å². The van der Waals surface area contributed by atoms with Gasteiger partial charge in [0.1, 0.15) is 0 Å². The van der Waals surface area contributed by atoms with Gasteiger partial charge in [-0.15, -0.1) is 0 Å². The number of fused-ring (bicyclic) bond motifs is 7. The Hall–Kier alpha value is -6.76. The molecule has 10 aromatic rings. The maximum absolute atomic E-state index is 2.48. The van der Waals surface area contributed by atoms with Crippen molar-refractivity contribution in [3.63, 3.8) is 0 Å². The van der Waals surface area contributed by atoms with Crippen molar-refractivity contribution in [2.75, 3.05) is 0 Å². The molecule has 0 atom stereocenters. The second kappa shape index (κ2) is 12.1. The summed E-state index contributed by atoms with van der Waals surface area (Å²) >= 11 is 0. The lowest BCUT2D eigenvalue weighted by Crippen LogP contribution is -2.14. The molecular formula is C55H38. The molecule has 0 aromatic heterocycles. The highest BCUT2D eigenvalue weighted by Crippen LogP contribution is 2.53. The van der Waals surface area contributed by atoms with E-state index in [0.29, 0.717) is 0 Å². The van der Waals surface area contributed by atoms with Gasteiger partial charge >= 0.3 is 0 Å². The molecule has 11 rings (SSSR count). The fourth-order valence-corrected chi connectivity index (χ4v) is 9.83. The summed E-state index contributed by atoms with van der Waals surface area (Å²) in [6.07, 6.45) is 0. The summed E-state index contributed by atoms with van der Waals surface area (Å²) in [5.74, 6) is 0. The molecule has 55 heavy (non-hydrogen) atoms. The molecule has 258 valence electrons. The molecule has 0 N–H and O–H groups in total. The first-order valence-corrected chi connectivity index (χ1v) is 19.4. The summed E-state index contributed by atoms with van der Waals surface area (Å²) in [6.45, 7) is 4.75. The summed E-state index contributed by atoms with van der Waals surface area (Å²) < 4.78 is 0. The SMILES string of the molecule is CC1(C)c2ccccc2-c2ccc(-c3c4ccccc4c(-c4c5ccccc5c(-c5ccccc5-c5ccccc5)c5ccccc45)c4ccccc34)cc21. The lowest BCUT2D eigenvalue weighted by atomic mass is 9.79. The Morgan fingerprint density at radius 1 is 0.255 bits per heavy atom. The molecule has 0 bridgehead atoms. The number of rotatable bonds is 4. The van der Waals surface area contributed by atoms with Gasteiger partial charge in [0.05, 0.1) is 0 Å². The third-order valence-corrected chi connectivity index (χ3v) is 12.3. The van der Waals surface area contributed by atoms with E-state index in [1.165, 1.54) is 110 Å². The first-order chi connectivity index (χ1) is 27.1. The van der Waals surface area contributed by atoms with Crippen molar-refractivity contribution in [3.8, 4) is 55.6 Å². The zero-order valence-corrected chi connectivity index (χ0v) is 31.0. The molecule has 1 aliphatic rings. The van der Waals surface area contributed by atoms with Crippen molar-refractivity contribution in [3.05, 3.63) is 205 Å². The van der Waals surface area contributed by atoms with Crippen molar-refractivity contribution >= 4 is 43.1 Å². The zero-order valence-electron chi connectivity index (χ0n) is 31.0. The van der Waals surface area contributed by atoms with Crippen molar-refractivity contribution < 1.29 is 0 Å². The van der Waals surface area contributed by atoms with Gasteiger partial charge in [0.25, 0.3) is 0 Å². The van der Waals surface area contributed by atoms with Crippen molar-refractivity contribution in [2.45, 2.75) is 19.3 Å². The van der Waals surface area contributed by atoms with Gasteiger partial charge < -0.3 is 0 Å². The van der Waals surface area contributed by atoms with E-state index in [1.807, 2.05) is 0 Å². The third kappa shape index (κ3) is 4.65. The van der Waals surface area contributed by atoms with Crippen molar-refractivity contribution in [2.24, 2.45) is 0 Å². The Morgan fingerprint density at radius 2 is 0.636 bits per heavy atom. The highest BCUT2D eigenvalue weighted by molar-refractivity contribution is 6.30. The smallest absolute Gasteiger partial charge is 0.0159 e. The first kappa shape index (κ1) is 31.7. The fraction of sp³-hybridized carbons (Fsp3) is 0.0545. The topological polar surface area (TPSA) is 0 Å². The molecule has 0 radical (unpaired) electrons. The van der Waals surface area contributed by atoms with E-state index in [4.69, 9.17) is 0 Å². The van der Waals surface area contributed by atoms with E-state index in [1.54, 1.807) is 0 Å². The molecule has 0 nitrogen and oxygen atoms in total.